The summed E-state index contributed by atoms with van der Waals surface area (Å²) < 4.78 is 3.16. The zero-order chi connectivity index (χ0) is 15.6. The maximum Gasteiger partial charge on any atom is 0.329 e. The Hall–Kier alpha value is -2.02. The number of thioether (sulfide) groups is 1. The summed E-state index contributed by atoms with van der Waals surface area (Å²) in [5.74, 6) is 0.752. The summed E-state index contributed by atoms with van der Waals surface area (Å²) in [6.07, 6.45) is 3.97. The fourth-order valence-electron chi connectivity index (χ4n) is 1.96. The highest BCUT2D eigenvalue weighted by molar-refractivity contribution is 7.99. The van der Waals surface area contributed by atoms with E-state index in [1.807, 2.05) is 30.6 Å². The fourth-order valence-corrected chi connectivity index (χ4v) is 2.86. The van der Waals surface area contributed by atoms with Gasteiger partial charge in [0.1, 0.15) is 0 Å². The fraction of sp³-hybridized carbons (Fsp3) is 0.357. The summed E-state index contributed by atoms with van der Waals surface area (Å²) in [7, 11) is 1.60. The van der Waals surface area contributed by atoms with Crippen LogP contribution >= 0.6 is 11.8 Å². The second-order valence-corrected chi connectivity index (χ2v) is 5.80. The Bertz CT molecular complexity index is 826. The number of nitrogens with zero attached hydrogens (tertiary/aromatic N) is 3. The molecular formula is C14H18N4O2S. The number of H-pyrrole nitrogens is 1. The molecule has 112 valence electrons. The number of fused-ring (bicyclic) bond motifs is 1. The Morgan fingerprint density at radius 2 is 2.19 bits per heavy atom. The lowest BCUT2D eigenvalue weighted by Gasteiger charge is -2.07. The number of imidazole rings is 1. The third kappa shape index (κ3) is 3.02. The van der Waals surface area contributed by atoms with Crippen LogP contribution in [-0.2, 0) is 13.6 Å². The molecule has 21 heavy (non-hydrogen) atoms. The molecule has 0 saturated carbocycles. The minimum Gasteiger partial charge on any atom is -0.309 e. The van der Waals surface area contributed by atoms with Gasteiger partial charge in [-0.05, 0) is 13.8 Å². The van der Waals surface area contributed by atoms with E-state index < -0.39 is 11.2 Å². The van der Waals surface area contributed by atoms with E-state index in [0.29, 0.717) is 22.9 Å². The molecule has 0 bridgehead atoms. The molecule has 0 amide bonds. The van der Waals surface area contributed by atoms with Crippen LogP contribution in [0.2, 0.25) is 0 Å². The Morgan fingerprint density at radius 1 is 1.48 bits per heavy atom. The summed E-state index contributed by atoms with van der Waals surface area (Å²) in [5.41, 5.74) is 0.837. The van der Waals surface area contributed by atoms with Crippen LogP contribution in [0, 0.1) is 0 Å². The molecule has 0 aromatic carbocycles. The number of hydrogen-bond acceptors (Lipinski definition) is 4. The van der Waals surface area contributed by atoms with E-state index >= 15 is 0 Å². The molecule has 2 rings (SSSR count). The Balaban J connectivity index is 2.69. The summed E-state index contributed by atoms with van der Waals surface area (Å²) in [4.78, 5) is 30.6. The topological polar surface area (TPSA) is 72.7 Å². The van der Waals surface area contributed by atoms with Gasteiger partial charge in [0.25, 0.3) is 5.56 Å². The molecule has 0 aliphatic rings. The van der Waals surface area contributed by atoms with Crippen LogP contribution in [0.3, 0.4) is 0 Å². The molecule has 0 aliphatic heterocycles. The maximum absolute atomic E-state index is 12.1. The van der Waals surface area contributed by atoms with Crippen LogP contribution in [0.15, 0.2) is 39.0 Å². The lowest BCUT2D eigenvalue weighted by atomic mass is 10.3. The van der Waals surface area contributed by atoms with Crippen molar-refractivity contribution in [2.45, 2.75) is 25.5 Å². The second kappa shape index (κ2) is 6.17. The highest BCUT2D eigenvalue weighted by Crippen LogP contribution is 2.22. The van der Waals surface area contributed by atoms with Gasteiger partial charge in [-0.2, -0.15) is 0 Å². The lowest BCUT2D eigenvalue weighted by molar-refractivity contribution is 0.719. The predicted octanol–water partition coefficient (Wildman–Crippen LogP) is 1.67. The van der Waals surface area contributed by atoms with E-state index in [9.17, 15) is 9.59 Å². The van der Waals surface area contributed by atoms with Crippen molar-refractivity contribution in [3.63, 3.8) is 0 Å². The van der Waals surface area contributed by atoms with Crippen molar-refractivity contribution in [3.05, 3.63) is 45.1 Å². The van der Waals surface area contributed by atoms with Crippen molar-refractivity contribution >= 4 is 22.9 Å². The molecule has 0 unspecified atom stereocenters. The van der Waals surface area contributed by atoms with Crippen molar-refractivity contribution in [1.29, 1.82) is 0 Å². The number of aryl methyl sites for hydroxylation is 1. The standard InChI is InChI=1S/C14H18N4O2S/c1-5-6-7-21-14-15-11-10(18(14)8-9(2)3)12(19)16-13(20)17(11)4/h5-6H,2,7-8H2,1,3-4H3,(H,16,19,20). The summed E-state index contributed by atoms with van der Waals surface area (Å²) in [6.45, 7) is 8.23. The van der Waals surface area contributed by atoms with E-state index in [0.717, 1.165) is 11.3 Å². The average molecular weight is 306 g/mol. The van der Waals surface area contributed by atoms with Gasteiger partial charge in [0.05, 0.1) is 0 Å². The molecule has 1 N–H and O–H groups in total. The molecule has 0 spiro atoms. The molecule has 0 fully saturated rings. The molecule has 0 radical (unpaired) electrons. The van der Waals surface area contributed by atoms with Crippen molar-refractivity contribution in [1.82, 2.24) is 19.1 Å². The van der Waals surface area contributed by atoms with Crippen molar-refractivity contribution < 1.29 is 0 Å². The summed E-state index contributed by atoms with van der Waals surface area (Å²) in [5, 5.41) is 0.706. The first-order valence-corrected chi connectivity index (χ1v) is 7.52. The molecule has 2 heterocycles. The van der Waals surface area contributed by atoms with Gasteiger partial charge in [-0.1, -0.05) is 36.1 Å². The van der Waals surface area contributed by atoms with Crippen LogP contribution in [0.1, 0.15) is 13.8 Å². The smallest absolute Gasteiger partial charge is 0.309 e. The van der Waals surface area contributed by atoms with Gasteiger partial charge in [-0.15, -0.1) is 0 Å². The number of allylic oxidation sites excluding steroid dienone is 2. The van der Waals surface area contributed by atoms with Gasteiger partial charge in [-0.25, -0.2) is 9.78 Å². The molecule has 0 aliphatic carbocycles. The quantitative estimate of drug-likeness (QED) is 0.673. The number of rotatable bonds is 5. The Kier molecular flexibility index (Phi) is 4.52. The number of hydrogen-bond donors (Lipinski definition) is 1. The van der Waals surface area contributed by atoms with Gasteiger partial charge >= 0.3 is 5.69 Å². The molecule has 2 aromatic heterocycles. The molecular weight excluding hydrogens is 288 g/mol. The van der Waals surface area contributed by atoms with Crippen LogP contribution in [-0.4, -0.2) is 24.9 Å². The van der Waals surface area contributed by atoms with E-state index in [2.05, 4.69) is 16.5 Å². The maximum atomic E-state index is 12.1. The number of nitrogens with one attached hydrogen (secondary N) is 1. The largest absolute Gasteiger partial charge is 0.329 e. The first-order chi connectivity index (χ1) is 9.95. The van der Waals surface area contributed by atoms with E-state index in [-0.39, 0.29) is 0 Å². The van der Waals surface area contributed by atoms with E-state index in [4.69, 9.17) is 0 Å². The minimum absolute atomic E-state index is 0.396. The first-order valence-electron chi connectivity index (χ1n) is 6.53. The summed E-state index contributed by atoms with van der Waals surface area (Å²) >= 11 is 1.52. The molecule has 0 atom stereocenters. The highest BCUT2D eigenvalue weighted by Gasteiger charge is 2.17. The van der Waals surface area contributed by atoms with Crippen molar-refractivity contribution in [2.24, 2.45) is 7.05 Å². The van der Waals surface area contributed by atoms with Crippen LogP contribution < -0.4 is 11.2 Å². The first kappa shape index (κ1) is 15.4. The molecule has 7 heteroatoms. The SMILES string of the molecule is C=C(C)Cn1c(SCC=CC)nc2c1c(=O)[nH]c(=O)n2C. The van der Waals surface area contributed by atoms with Gasteiger partial charge in [0.15, 0.2) is 16.3 Å². The van der Waals surface area contributed by atoms with E-state index in [1.165, 1.54) is 16.3 Å². The summed E-state index contributed by atoms with van der Waals surface area (Å²) in [6, 6.07) is 0. The zero-order valence-electron chi connectivity index (χ0n) is 12.3. The lowest BCUT2D eigenvalue weighted by Crippen LogP contribution is -2.29. The van der Waals surface area contributed by atoms with Gasteiger partial charge in [0, 0.05) is 19.3 Å². The van der Waals surface area contributed by atoms with Crippen molar-refractivity contribution in [3.8, 4) is 0 Å². The van der Waals surface area contributed by atoms with Crippen LogP contribution in [0.4, 0.5) is 0 Å². The number of aromatic nitrogens is 4. The molecule has 6 nitrogen and oxygen atoms in total. The van der Waals surface area contributed by atoms with Crippen LogP contribution in [0.5, 0.6) is 0 Å². The molecule has 0 saturated heterocycles. The molecule has 2 aromatic rings. The van der Waals surface area contributed by atoms with Gasteiger partial charge in [0.2, 0.25) is 0 Å². The predicted molar refractivity (Wildman–Crippen MR) is 85.9 cm³/mol. The number of aromatic amines is 1. The second-order valence-electron chi connectivity index (χ2n) is 4.81. The normalized spacial score (nSPS) is 11.6. The third-order valence-corrected chi connectivity index (χ3v) is 3.87. The monoisotopic (exact) mass is 306 g/mol. The van der Waals surface area contributed by atoms with Crippen molar-refractivity contribution in [2.75, 3.05) is 5.75 Å². The average Bonchev–Trinajstić information content (AvgIpc) is 2.75. The third-order valence-electron chi connectivity index (χ3n) is 2.94. The Morgan fingerprint density at radius 3 is 2.81 bits per heavy atom. The Labute approximate surface area is 126 Å². The van der Waals surface area contributed by atoms with E-state index in [1.54, 1.807) is 7.05 Å². The van der Waals surface area contributed by atoms with Crippen LogP contribution in [0.25, 0.3) is 11.2 Å². The highest BCUT2D eigenvalue weighted by atomic mass is 32.2. The zero-order valence-corrected chi connectivity index (χ0v) is 13.2. The minimum atomic E-state index is -0.461. The van der Waals surface area contributed by atoms with Gasteiger partial charge < -0.3 is 4.57 Å². The van der Waals surface area contributed by atoms with Gasteiger partial charge in [-0.3, -0.25) is 14.3 Å².